The highest BCUT2D eigenvalue weighted by Gasteiger charge is 1.86. The van der Waals surface area contributed by atoms with Crippen molar-refractivity contribution in [2.24, 2.45) is 0 Å². The first-order chi connectivity index (χ1) is 4.27. The van der Waals surface area contributed by atoms with Crippen LogP contribution in [0.15, 0.2) is 12.2 Å². The topological polar surface area (TPSA) is 37.3 Å². The second-order valence-electron chi connectivity index (χ2n) is 1.86. The van der Waals surface area contributed by atoms with E-state index in [-0.39, 0.29) is 6.42 Å². The summed E-state index contributed by atoms with van der Waals surface area (Å²) >= 11 is 0. The number of allylic oxidation sites excluding steroid dienone is 1. The van der Waals surface area contributed by atoms with Gasteiger partial charge in [0, 0.05) is 0 Å². The Balaban J connectivity index is 3.14. The number of carboxylic acid groups (broad SMARTS) is 1. The highest BCUT2D eigenvalue weighted by molar-refractivity contribution is 5.68. The lowest BCUT2D eigenvalue weighted by Gasteiger charge is -1.83. The Kier molecular flexibility index (Phi) is 4.88. The monoisotopic (exact) mass is 128 g/mol. The molecule has 0 aromatic heterocycles. The number of rotatable bonds is 4. The number of hydrogen-bond acceptors (Lipinski definition) is 1. The lowest BCUT2D eigenvalue weighted by atomic mass is 10.3. The first-order valence-electron chi connectivity index (χ1n) is 3.14. The molecule has 0 aliphatic rings. The lowest BCUT2D eigenvalue weighted by molar-refractivity contribution is -0.136. The van der Waals surface area contributed by atoms with Gasteiger partial charge in [-0.1, -0.05) is 25.5 Å². The summed E-state index contributed by atoms with van der Waals surface area (Å²) in [5.74, 6) is -0.762. The molecule has 0 spiro atoms. The van der Waals surface area contributed by atoms with E-state index in [9.17, 15) is 4.79 Å². The molecular weight excluding hydrogens is 116 g/mol. The minimum atomic E-state index is -0.762. The zero-order valence-corrected chi connectivity index (χ0v) is 5.63. The molecule has 0 aromatic rings. The highest BCUT2D eigenvalue weighted by Crippen LogP contribution is 1.90. The third-order valence-corrected chi connectivity index (χ3v) is 0.914. The Hall–Kier alpha value is -0.790. The molecule has 0 bridgehead atoms. The summed E-state index contributed by atoms with van der Waals surface area (Å²) in [6, 6.07) is 0. The smallest absolute Gasteiger partial charge is 0.307 e. The molecule has 0 fully saturated rings. The largest absolute Gasteiger partial charge is 0.481 e. The first-order valence-corrected chi connectivity index (χ1v) is 3.14. The fourth-order valence-electron chi connectivity index (χ4n) is 0.469. The van der Waals surface area contributed by atoms with Gasteiger partial charge in [-0.25, -0.2) is 0 Å². The van der Waals surface area contributed by atoms with Crippen molar-refractivity contribution in [3.05, 3.63) is 12.2 Å². The Morgan fingerprint density at radius 2 is 2.22 bits per heavy atom. The second-order valence-corrected chi connectivity index (χ2v) is 1.86. The summed E-state index contributed by atoms with van der Waals surface area (Å²) in [6.07, 6.45) is 5.79. The van der Waals surface area contributed by atoms with Gasteiger partial charge in [0.25, 0.3) is 0 Å². The highest BCUT2D eigenvalue weighted by atomic mass is 16.4. The molecule has 0 atom stereocenters. The summed E-state index contributed by atoms with van der Waals surface area (Å²) in [4.78, 5) is 9.91. The predicted octanol–water partition coefficient (Wildman–Crippen LogP) is 1.82. The van der Waals surface area contributed by atoms with E-state index < -0.39 is 5.97 Å². The minimum Gasteiger partial charge on any atom is -0.481 e. The van der Waals surface area contributed by atoms with Crippen molar-refractivity contribution in [2.45, 2.75) is 26.2 Å². The molecule has 0 unspecified atom stereocenters. The molecule has 0 aromatic carbocycles. The van der Waals surface area contributed by atoms with Crippen LogP contribution >= 0.6 is 0 Å². The maximum Gasteiger partial charge on any atom is 0.307 e. The van der Waals surface area contributed by atoms with Crippen molar-refractivity contribution in [3.63, 3.8) is 0 Å². The van der Waals surface area contributed by atoms with Crippen LogP contribution in [0.1, 0.15) is 26.2 Å². The van der Waals surface area contributed by atoms with E-state index in [4.69, 9.17) is 5.11 Å². The molecule has 0 aliphatic heterocycles. The quantitative estimate of drug-likeness (QED) is 0.586. The van der Waals surface area contributed by atoms with E-state index in [1.54, 1.807) is 6.08 Å². The van der Waals surface area contributed by atoms with Gasteiger partial charge in [-0.05, 0) is 6.42 Å². The van der Waals surface area contributed by atoms with Gasteiger partial charge in [-0.2, -0.15) is 0 Å². The van der Waals surface area contributed by atoms with E-state index in [0.29, 0.717) is 0 Å². The molecule has 0 saturated carbocycles. The van der Waals surface area contributed by atoms with Crippen LogP contribution in [-0.4, -0.2) is 11.1 Å². The molecule has 2 nitrogen and oxygen atoms in total. The van der Waals surface area contributed by atoms with Crippen LogP contribution in [-0.2, 0) is 4.79 Å². The van der Waals surface area contributed by atoms with Gasteiger partial charge < -0.3 is 5.11 Å². The van der Waals surface area contributed by atoms with Crippen molar-refractivity contribution >= 4 is 5.97 Å². The molecule has 0 radical (unpaired) electrons. The maximum atomic E-state index is 9.91. The third kappa shape index (κ3) is 7.21. The molecule has 0 saturated heterocycles. The standard InChI is InChI=1S/C7H12O2/c1-2-3-4-5-6-7(8)9/h4-5H,2-3,6H2,1H3,(H,8,9)/b5-4+. The van der Waals surface area contributed by atoms with Gasteiger partial charge in [0.05, 0.1) is 6.42 Å². The molecule has 0 rings (SSSR count). The zero-order chi connectivity index (χ0) is 7.11. The normalized spacial score (nSPS) is 10.3. The van der Waals surface area contributed by atoms with E-state index in [1.165, 1.54) is 0 Å². The molecule has 0 aliphatic carbocycles. The average molecular weight is 128 g/mol. The summed E-state index contributed by atoms with van der Waals surface area (Å²) in [5.41, 5.74) is 0. The SMILES string of the molecule is CCC/C=C/CC(=O)O. The summed E-state index contributed by atoms with van der Waals surface area (Å²) in [6.45, 7) is 2.06. The molecule has 52 valence electrons. The van der Waals surface area contributed by atoms with Gasteiger partial charge in [0.2, 0.25) is 0 Å². The van der Waals surface area contributed by atoms with Crippen LogP contribution in [0.5, 0.6) is 0 Å². The van der Waals surface area contributed by atoms with Crippen LogP contribution in [0.3, 0.4) is 0 Å². The van der Waals surface area contributed by atoms with Crippen molar-refractivity contribution in [1.29, 1.82) is 0 Å². The van der Waals surface area contributed by atoms with Crippen LogP contribution < -0.4 is 0 Å². The summed E-state index contributed by atoms with van der Waals surface area (Å²) < 4.78 is 0. The number of carbonyl (C=O) groups is 1. The Morgan fingerprint density at radius 3 is 2.67 bits per heavy atom. The third-order valence-electron chi connectivity index (χ3n) is 0.914. The van der Waals surface area contributed by atoms with E-state index in [2.05, 4.69) is 6.92 Å². The number of hydrogen-bond donors (Lipinski definition) is 1. The number of unbranched alkanes of at least 4 members (excludes halogenated alkanes) is 1. The Labute approximate surface area is 55.2 Å². The molecule has 2 heteroatoms. The van der Waals surface area contributed by atoms with Crippen molar-refractivity contribution in [2.75, 3.05) is 0 Å². The van der Waals surface area contributed by atoms with Crippen LogP contribution in [0, 0.1) is 0 Å². The van der Waals surface area contributed by atoms with E-state index >= 15 is 0 Å². The number of carboxylic acids is 1. The Bertz CT molecular complexity index is 105. The van der Waals surface area contributed by atoms with Crippen molar-refractivity contribution < 1.29 is 9.90 Å². The van der Waals surface area contributed by atoms with Gasteiger partial charge >= 0.3 is 5.97 Å². The number of aliphatic carboxylic acids is 1. The van der Waals surface area contributed by atoms with Crippen LogP contribution in [0.25, 0.3) is 0 Å². The maximum absolute atomic E-state index is 9.91. The molecule has 9 heavy (non-hydrogen) atoms. The minimum absolute atomic E-state index is 0.153. The molecule has 1 N–H and O–H groups in total. The van der Waals surface area contributed by atoms with E-state index in [1.807, 2.05) is 6.08 Å². The summed E-state index contributed by atoms with van der Waals surface area (Å²) in [5, 5.41) is 8.16. The molecule has 0 amide bonds. The summed E-state index contributed by atoms with van der Waals surface area (Å²) in [7, 11) is 0. The average Bonchev–Trinajstić information content (AvgIpc) is 1.80. The van der Waals surface area contributed by atoms with Gasteiger partial charge in [0.1, 0.15) is 0 Å². The van der Waals surface area contributed by atoms with Crippen LogP contribution in [0.4, 0.5) is 0 Å². The van der Waals surface area contributed by atoms with Gasteiger partial charge in [-0.15, -0.1) is 0 Å². The fraction of sp³-hybridized carbons (Fsp3) is 0.571. The van der Waals surface area contributed by atoms with Crippen LogP contribution in [0.2, 0.25) is 0 Å². The van der Waals surface area contributed by atoms with Crippen molar-refractivity contribution in [1.82, 2.24) is 0 Å². The van der Waals surface area contributed by atoms with E-state index in [0.717, 1.165) is 12.8 Å². The lowest BCUT2D eigenvalue weighted by Crippen LogP contribution is -1.89. The molecule has 0 heterocycles. The van der Waals surface area contributed by atoms with Crippen molar-refractivity contribution in [3.8, 4) is 0 Å². The van der Waals surface area contributed by atoms with Gasteiger partial charge in [0.15, 0.2) is 0 Å². The zero-order valence-electron chi connectivity index (χ0n) is 5.63. The second kappa shape index (κ2) is 5.35. The fourth-order valence-corrected chi connectivity index (χ4v) is 0.469. The van der Waals surface area contributed by atoms with Gasteiger partial charge in [-0.3, -0.25) is 4.79 Å². The Morgan fingerprint density at radius 1 is 1.56 bits per heavy atom. The first kappa shape index (κ1) is 8.21. The predicted molar refractivity (Wildman–Crippen MR) is 36.3 cm³/mol. The molecular formula is C7H12O2.